The molecule has 1 aliphatic heterocycles. The Morgan fingerprint density at radius 1 is 1.16 bits per heavy atom. The molecule has 1 unspecified atom stereocenters. The molecular formula is C15H21N3O. The van der Waals surface area contributed by atoms with Crippen molar-refractivity contribution in [2.75, 3.05) is 33.2 Å². The minimum atomic E-state index is -0.216. The molecule has 2 rings (SSSR count). The highest BCUT2D eigenvalue weighted by Crippen LogP contribution is 2.29. The molecule has 1 heterocycles. The Balaban J connectivity index is 2.25. The Morgan fingerprint density at radius 2 is 1.68 bits per heavy atom. The molecule has 1 atom stereocenters. The van der Waals surface area contributed by atoms with Crippen LogP contribution in [0.5, 0.6) is 5.75 Å². The molecule has 4 heteroatoms. The lowest BCUT2D eigenvalue weighted by Crippen LogP contribution is -2.45. The van der Waals surface area contributed by atoms with Crippen molar-refractivity contribution >= 4 is 0 Å². The average molecular weight is 259 g/mol. The second-order valence-electron chi connectivity index (χ2n) is 5.37. The molecule has 4 nitrogen and oxygen atoms in total. The van der Waals surface area contributed by atoms with Gasteiger partial charge in [0.25, 0.3) is 0 Å². The highest BCUT2D eigenvalue weighted by molar-refractivity contribution is 5.44. The van der Waals surface area contributed by atoms with E-state index in [1.54, 1.807) is 0 Å². The first-order chi connectivity index (χ1) is 9.02. The summed E-state index contributed by atoms with van der Waals surface area (Å²) in [6.07, 6.45) is 0. The van der Waals surface area contributed by atoms with Gasteiger partial charge in [-0.3, -0.25) is 4.90 Å². The van der Waals surface area contributed by atoms with Crippen LogP contribution in [0.25, 0.3) is 0 Å². The van der Waals surface area contributed by atoms with Gasteiger partial charge in [-0.05, 0) is 49.7 Å². The van der Waals surface area contributed by atoms with Gasteiger partial charge in [-0.2, -0.15) is 5.26 Å². The van der Waals surface area contributed by atoms with Crippen LogP contribution in [0.1, 0.15) is 22.7 Å². The maximum Gasteiger partial charge on any atom is 0.123 e. The number of aryl methyl sites for hydroxylation is 2. The van der Waals surface area contributed by atoms with Gasteiger partial charge in [-0.25, -0.2) is 0 Å². The maximum absolute atomic E-state index is 9.83. The van der Waals surface area contributed by atoms with Crippen molar-refractivity contribution < 1.29 is 5.11 Å². The smallest absolute Gasteiger partial charge is 0.123 e. The fourth-order valence-corrected chi connectivity index (χ4v) is 2.59. The molecule has 19 heavy (non-hydrogen) atoms. The van der Waals surface area contributed by atoms with Gasteiger partial charge in [0, 0.05) is 26.2 Å². The molecule has 0 spiro atoms. The summed E-state index contributed by atoms with van der Waals surface area (Å²) in [6, 6.07) is 6.04. The molecule has 0 amide bonds. The van der Waals surface area contributed by atoms with Crippen LogP contribution in [-0.4, -0.2) is 48.1 Å². The summed E-state index contributed by atoms with van der Waals surface area (Å²) in [7, 11) is 2.10. The number of aromatic hydroxyl groups is 1. The number of nitrogens with zero attached hydrogens (tertiary/aromatic N) is 3. The van der Waals surface area contributed by atoms with Gasteiger partial charge < -0.3 is 10.0 Å². The molecule has 0 aliphatic carbocycles. The van der Waals surface area contributed by atoms with Crippen molar-refractivity contribution in [2.24, 2.45) is 0 Å². The van der Waals surface area contributed by atoms with Crippen molar-refractivity contribution in [3.05, 3.63) is 28.8 Å². The zero-order chi connectivity index (χ0) is 14.0. The number of nitriles is 1. The van der Waals surface area contributed by atoms with E-state index in [9.17, 15) is 10.4 Å². The minimum absolute atomic E-state index is 0.216. The van der Waals surface area contributed by atoms with E-state index in [2.05, 4.69) is 22.9 Å². The Bertz CT molecular complexity index is 476. The third-order valence-electron chi connectivity index (χ3n) is 3.85. The van der Waals surface area contributed by atoms with Gasteiger partial charge in [0.1, 0.15) is 11.8 Å². The summed E-state index contributed by atoms with van der Waals surface area (Å²) < 4.78 is 0. The van der Waals surface area contributed by atoms with Crippen LogP contribution in [-0.2, 0) is 0 Å². The monoisotopic (exact) mass is 259 g/mol. The molecule has 0 radical (unpaired) electrons. The van der Waals surface area contributed by atoms with Gasteiger partial charge in [0.2, 0.25) is 0 Å². The first kappa shape index (κ1) is 13.9. The quantitative estimate of drug-likeness (QED) is 0.880. The Morgan fingerprint density at radius 3 is 2.16 bits per heavy atom. The van der Waals surface area contributed by atoms with Crippen LogP contribution in [0.15, 0.2) is 12.1 Å². The number of phenols is 1. The highest BCUT2D eigenvalue weighted by atomic mass is 16.3. The topological polar surface area (TPSA) is 50.5 Å². The zero-order valence-corrected chi connectivity index (χ0v) is 11.8. The van der Waals surface area contributed by atoms with Crippen molar-refractivity contribution in [1.82, 2.24) is 9.80 Å². The van der Waals surface area contributed by atoms with Gasteiger partial charge in [-0.15, -0.1) is 0 Å². The standard InChI is InChI=1S/C15H21N3O/c1-11-8-13(9-12(2)15(11)19)14(10-16)18-6-4-17(3)5-7-18/h8-9,14,19H,4-7H2,1-3H3. The SMILES string of the molecule is Cc1cc(C(C#N)N2CCN(C)CC2)cc(C)c1O. The molecule has 102 valence electrons. The number of piperazine rings is 1. The molecule has 0 aromatic heterocycles. The van der Waals surface area contributed by atoms with Crippen LogP contribution in [0.2, 0.25) is 0 Å². The van der Waals surface area contributed by atoms with Crippen LogP contribution in [0.4, 0.5) is 0 Å². The Kier molecular flexibility index (Phi) is 4.08. The van der Waals surface area contributed by atoms with Crippen LogP contribution in [0.3, 0.4) is 0 Å². The summed E-state index contributed by atoms with van der Waals surface area (Å²) in [4.78, 5) is 4.49. The fourth-order valence-electron chi connectivity index (χ4n) is 2.59. The second kappa shape index (κ2) is 5.60. The molecule has 1 aliphatic rings. The van der Waals surface area contributed by atoms with Crippen molar-refractivity contribution in [3.8, 4) is 11.8 Å². The number of phenolic OH excluding ortho intramolecular Hbond substituents is 1. The van der Waals surface area contributed by atoms with Gasteiger partial charge in [0.05, 0.1) is 6.07 Å². The largest absolute Gasteiger partial charge is 0.507 e. The van der Waals surface area contributed by atoms with E-state index in [4.69, 9.17) is 0 Å². The van der Waals surface area contributed by atoms with E-state index in [0.717, 1.165) is 42.9 Å². The first-order valence-corrected chi connectivity index (χ1v) is 6.65. The van der Waals surface area contributed by atoms with Crippen molar-refractivity contribution in [1.29, 1.82) is 5.26 Å². The second-order valence-corrected chi connectivity index (χ2v) is 5.37. The predicted octanol–water partition coefficient (Wildman–Crippen LogP) is 1.82. The molecule has 1 aromatic carbocycles. The van der Waals surface area contributed by atoms with Gasteiger partial charge >= 0.3 is 0 Å². The normalized spacial score (nSPS) is 19.1. The van der Waals surface area contributed by atoms with E-state index in [-0.39, 0.29) is 6.04 Å². The Hall–Kier alpha value is -1.57. The van der Waals surface area contributed by atoms with Crippen LogP contribution < -0.4 is 0 Å². The molecule has 1 N–H and O–H groups in total. The third kappa shape index (κ3) is 2.89. The van der Waals surface area contributed by atoms with Gasteiger partial charge in [-0.1, -0.05) is 0 Å². The number of hydrogen-bond acceptors (Lipinski definition) is 4. The number of rotatable bonds is 2. The van der Waals surface area contributed by atoms with Crippen molar-refractivity contribution in [2.45, 2.75) is 19.9 Å². The lowest BCUT2D eigenvalue weighted by molar-refractivity contribution is 0.132. The lowest BCUT2D eigenvalue weighted by atomic mass is 9.99. The van der Waals surface area contributed by atoms with Gasteiger partial charge in [0.15, 0.2) is 0 Å². The molecule has 1 saturated heterocycles. The van der Waals surface area contributed by atoms with E-state index in [1.165, 1.54) is 0 Å². The molecule has 1 aromatic rings. The van der Waals surface area contributed by atoms with E-state index in [0.29, 0.717) is 5.75 Å². The average Bonchev–Trinajstić information content (AvgIpc) is 2.39. The Labute approximate surface area is 114 Å². The number of likely N-dealkylation sites (N-methyl/N-ethyl adjacent to an activating group) is 1. The highest BCUT2D eigenvalue weighted by Gasteiger charge is 2.24. The zero-order valence-electron chi connectivity index (χ0n) is 11.8. The molecule has 0 bridgehead atoms. The molecule has 0 saturated carbocycles. The number of hydrogen-bond donors (Lipinski definition) is 1. The molecular weight excluding hydrogens is 238 g/mol. The van der Waals surface area contributed by atoms with E-state index < -0.39 is 0 Å². The van der Waals surface area contributed by atoms with Crippen molar-refractivity contribution in [3.63, 3.8) is 0 Å². The number of benzene rings is 1. The van der Waals surface area contributed by atoms with Crippen LogP contribution in [0, 0.1) is 25.2 Å². The molecule has 1 fully saturated rings. The summed E-state index contributed by atoms with van der Waals surface area (Å²) in [5.41, 5.74) is 2.66. The summed E-state index contributed by atoms with van der Waals surface area (Å²) in [5, 5.41) is 19.3. The van der Waals surface area contributed by atoms with E-state index >= 15 is 0 Å². The first-order valence-electron chi connectivity index (χ1n) is 6.65. The predicted molar refractivity (Wildman–Crippen MR) is 75.0 cm³/mol. The summed E-state index contributed by atoms with van der Waals surface area (Å²) in [5.74, 6) is 0.332. The fraction of sp³-hybridized carbons (Fsp3) is 0.533. The third-order valence-corrected chi connectivity index (χ3v) is 3.85. The summed E-state index contributed by atoms with van der Waals surface area (Å²) >= 11 is 0. The van der Waals surface area contributed by atoms with E-state index in [1.807, 2.05) is 26.0 Å². The summed E-state index contributed by atoms with van der Waals surface area (Å²) in [6.45, 7) is 7.57. The van der Waals surface area contributed by atoms with Crippen LogP contribution >= 0.6 is 0 Å². The lowest BCUT2D eigenvalue weighted by Gasteiger charge is -2.35. The maximum atomic E-state index is 9.83. The minimum Gasteiger partial charge on any atom is -0.507 e.